The molecular formula is C28H30N3+. The summed E-state index contributed by atoms with van der Waals surface area (Å²) in [6.45, 7) is 7.00. The van der Waals surface area contributed by atoms with Crippen LogP contribution in [0.3, 0.4) is 0 Å². The fraction of sp³-hybridized carbons (Fsp3) is 0.286. The van der Waals surface area contributed by atoms with Crippen LogP contribution < -0.4 is 4.90 Å². The molecule has 3 nitrogen and oxygen atoms in total. The van der Waals surface area contributed by atoms with Gasteiger partial charge in [0.15, 0.2) is 0 Å². The number of hydrogen-bond acceptors (Lipinski definition) is 2. The third-order valence-corrected chi connectivity index (χ3v) is 7.24. The molecule has 0 fully saturated rings. The van der Waals surface area contributed by atoms with Crippen molar-refractivity contribution in [2.24, 2.45) is 0 Å². The van der Waals surface area contributed by atoms with Crippen LogP contribution in [-0.2, 0) is 17.3 Å². The first-order chi connectivity index (χ1) is 14.8. The van der Waals surface area contributed by atoms with Gasteiger partial charge in [0.25, 0.3) is 0 Å². The highest BCUT2D eigenvalue weighted by Gasteiger charge is 2.46. The van der Waals surface area contributed by atoms with Crippen molar-refractivity contribution >= 4 is 17.2 Å². The van der Waals surface area contributed by atoms with E-state index in [0.717, 1.165) is 12.2 Å². The molecule has 0 aliphatic carbocycles. The summed E-state index contributed by atoms with van der Waals surface area (Å²) in [4.78, 5) is 7.07. The first kappa shape index (κ1) is 19.7. The molecule has 0 amide bonds. The number of nitrogens with zero attached hydrogens (tertiary/aromatic N) is 3. The van der Waals surface area contributed by atoms with E-state index < -0.39 is 0 Å². The molecule has 1 aromatic heterocycles. The first-order valence-corrected chi connectivity index (χ1v) is 11.0. The van der Waals surface area contributed by atoms with Crippen LogP contribution in [0.4, 0.5) is 11.5 Å². The van der Waals surface area contributed by atoms with E-state index in [4.69, 9.17) is 0 Å². The summed E-state index contributed by atoms with van der Waals surface area (Å²) < 4.78 is 2.27. The molecule has 2 aromatic carbocycles. The van der Waals surface area contributed by atoms with Crippen molar-refractivity contribution in [3.8, 4) is 0 Å². The predicted octanol–water partition coefficient (Wildman–Crippen LogP) is 5.62. The summed E-state index contributed by atoms with van der Waals surface area (Å²) in [7, 11) is 4.35. The van der Waals surface area contributed by atoms with E-state index in [0.29, 0.717) is 0 Å². The predicted molar refractivity (Wildman–Crippen MR) is 129 cm³/mol. The second-order valence-corrected chi connectivity index (χ2v) is 9.54. The van der Waals surface area contributed by atoms with Crippen molar-refractivity contribution in [3.63, 3.8) is 0 Å². The minimum Gasteiger partial charge on any atom is -0.347 e. The van der Waals surface area contributed by atoms with E-state index in [1.54, 1.807) is 0 Å². The van der Waals surface area contributed by atoms with Gasteiger partial charge in [0, 0.05) is 29.9 Å². The van der Waals surface area contributed by atoms with Crippen LogP contribution >= 0.6 is 0 Å². The number of pyridine rings is 1. The number of aromatic nitrogens is 1. The summed E-state index contributed by atoms with van der Waals surface area (Å²) in [5.41, 5.74) is 7.73. The van der Waals surface area contributed by atoms with Crippen molar-refractivity contribution in [3.05, 3.63) is 101 Å². The Morgan fingerprint density at radius 3 is 2.32 bits per heavy atom. The Bertz CT molecular complexity index is 1220. The molecule has 0 N–H and O–H groups in total. The Kier molecular flexibility index (Phi) is 4.40. The van der Waals surface area contributed by atoms with E-state index in [1.807, 2.05) is 12.3 Å². The first-order valence-electron chi connectivity index (χ1n) is 11.0. The minimum atomic E-state index is -0.112. The molecule has 2 aliphatic rings. The Morgan fingerprint density at radius 1 is 0.903 bits per heavy atom. The zero-order valence-electron chi connectivity index (χ0n) is 19.1. The maximum atomic E-state index is 4.69. The molecule has 0 saturated carbocycles. The monoisotopic (exact) mass is 408 g/mol. The van der Waals surface area contributed by atoms with Gasteiger partial charge in [0.05, 0.1) is 18.0 Å². The average Bonchev–Trinajstić information content (AvgIpc) is 3.10. The summed E-state index contributed by atoms with van der Waals surface area (Å²) in [6.07, 6.45) is 5.27. The Morgan fingerprint density at radius 2 is 1.58 bits per heavy atom. The second-order valence-electron chi connectivity index (χ2n) is 9.54. The van der Waals surface area contributed by atoms with Crippen molar-refractivity contribution in [2.75, 3.05) is 19.0 Å². The van der Waals surface area contributed by atoms with Crippen molar-refractivity contribution < 1.29 is 4.58 Å². The molecule has 0 saturated heterocycles. The summed E-state index contributed by atoms with van der Waals surface area (Å²) >= 11 is 0. The van der Waals surface area contributed by atoms with Gasteiger partial charge in [-0.25, -0.2) is 4.58 Å². The average molecular weight is 409 g/mol. The molecule has 3 heteroatoms. The van der Waals surface area contributed by atoms with E-state index in [-0.39, 0.29) is 10.8 Å². The summed E-state index contributed by atoms with van der Waals surface area (Å²) in [5.74, 6) is 1.06. The lowest BCUT2D eigenvalue weighted by atomic mass is 9.74. The van der Waals surface area contributed by atoms with Crippen LogP contribution in [0.1, 0.15) is 37.5 Å². The van der Waals surface area contributed by atoms with Crippen LogP contribution in [0.2, 0.25) is 0 Å². The number of rotatable bonds is 3. The van der Waals surface area contributed by atoms with E-state index in [1.165, 1.54) is 33.8 Å². The molecule has 1 unspecified atom stereocenters. The van der Waals surface area contributed by atoms with E-state index in [2.05, 4.69) is 116 Å². The molecule has 3 heterocycles. The molecule has 0 spiro atoms. The molecule has 1 atom stereocenters. The number of para-hydroxylation sites is 1. The van der Waals surface area contributed by atoms with Crippen molar-refractivity contribution in [1.29, 1.82) is 0 Å². The lowest BCUT2D eigenvalue weighted by Crippen LogP contribution is -2.33. The van der Waals surface area contributed by atoms with Gasteiger partial charge in [-0.3, -0.25) is 0 Å². The van der Waals surface area contributed by atoms with Crippen LogP contribution in [0.5, 0.6) is 0 Å². The van der Waals surface area contributed by atoms with E-state index in [9.17, 15) is 0 Å². The Balaban J connectivity index is 1.69. The fourth-order valence-electron chi connectivity index (χ4n) is 5.55. The molecule has 31 heavy (non-hydrogen) atoms. The molecule has 2 aliphatic heterocycles. The Labute approximate surface area is 185 Å². The molecule has 3 aromatic rings. The van der Waals surface area contributed by atoms with Gasteiger partial charge in [-0.15, -0.1) is 0 Å². The normalized spacial score (nSPS) is 22.7. The molecule has 0 radical (unpaired) electrons. The second kappa shape index (κ2) is 6.91. The van der Waals surface area contributed by atoms with Crippen LogP contribution in [-0.4, -0.2) is 29.4 Å². The SMILES string of the molecule is CN1C(=CC2=[N+](C)c3ncccc3C2(C)C)C(C)(Cc2ccccc2)c2ccccc21. The lowest BCUT2D eigenvalue weighted by molar-refractivity contribution is -0.406. The molecule has 5 rings (SSSR count). The zero-order valence-corrected chi connectivity index (χ0v) is 19.1. The highest BCUT2D eigenvalue weighted by molar-refractivity contribution is 6.04. The number of likely N-dealkylation sites (N-methyl/N-ethyl adjacent to an activating group) is 1. The minimum absolute atomic E-state index is 0.103. The van der Waals surface area contributed by atoms with Crippen LogP contribution in [0, 0.1) is 0 Å². The Hall–Kier alpha value is -3.20. The van der Waals surface area contributed by atoms with Gasteiger partial charge in [0.2, 0.25) is 0 Å². The van der Waals surface area contributed by atoms with Gasteiger partial charge in [-0.05, 0) is 61.5 Å². The highest BCUT2D eigenvalue weighted by Crippen LogP contribution is 2.50. The fourth-order valence-corrected chi connectivity index (χ4v) is 5.55. The highest BCUT2D eigenvalue weighted by atomic mass is 15.2. The van der Waals surface area contributed by atoms with Gasteiger partial charge >= 0.3 is 5.82 Å². The quantitative estimate of drug-likeness (QED) is 0.524. The van der Waals surface area contributed by atoms with Gasteiger partial charge in [-0.2, -0.15) is 0 Å². The molecule has 156 valence electrons. The maximum absolute atomic E-state index is 4.69. The molecular weight excluding hydrogens is 378 g/mol. The number of fused-ring (bicyclic) bond motifs is 2. The zero-order chi connectivity index (χ0) is 21.8. The van der Waals surface area contributed by atoms with E-state index >= 15 is 0 Å². The molecule has 0 bridgehead atoms. The summed E-state index contributed by atoms with van der Waals surface area (Å²) in [6, 6.07) is 23.9. The maximum Gasteiger partial charge on any atom is 0.327 e. The van der Waals surface area contributed by atoms with Crippen LogP contribution in [0.25, 0.3) is 0 Å². The third-order valence-electron chi connectivity index (χ3n) is 7.24. The number of hydrogen-bond donors (Lipinski definition) is 0. The topological polar surface area (TPSA) is 19.1 Å². The van der Waals surface area contributed by atoms with Gasteiger partial charge < -0.3 is 4.90 Å². The number of benzene rings is 2. The van der Waals surface area contributed by atoms with Crippen LogP contribution in [0.15, 0.2) is 84.7 Å². The van der Waals surface area contributed by atoms with Crippen molar-refractivity contribution in [1.82, 2.24) is 4.98 Å². The number of allylic oxidation sites excluding steroid dienone is 2. The van der Waals surface area contributed by atoms with Crippen molar-refractivity contribution in [2.45, 2.75) is 38.0 Å². The lowest BCUT2D eigenvalue weighted by Gasteiger charge is -2.30. The van der Waals surface area contributed by atoms with Gasteiger partial charge in [0.1, 0.15) is 11.9 Å². The third kappa shape index (κ3) is 2.87. The standard InChI is InChI=1S/C28H30N3/c1-27(2)22-15-11-17-29-26(22)31(5)24(27)18-25-28(3,19-20-12-7-6-8-13-20)21-14-9-10-16-23(21)30(25)4/h6-18H,19H2,1-5H3/q+1. The summed E-state index contributed by atoms with van der Waals surface area (Å²) in [5, 5.41) is 0. The van der Waals surface area contributed by atoms with Gasteiger partial charge in [-0.1, -0.05) is 48.5 Å². The smallest absolute Gasteiger partial charge is 0.327 e. The number of anilines is 1. The largest absolute Gasteiger partial charge is 0.347 e.